The number of aliphatic hydroxyl groups is 1. The summed E-state index contributed by atoms with van der Waals surface area (Å²) in [5.41, 5.74) is 0.840. The molecule has 0 spiro atoms. The Kier molecular flexibility index (Phi) is 7.06. The highest BCUT2D eigenvalue weighted by Crippen LogP contribution is 2.25. The largest absolute Gasteiger partial charge is 0.396 e. The molecule has 0 aliphatic carbocycles. The average Bonchev–Trinajstić information content (AvgIpc) is 2.38. The van der Waals surface area contributed by atoms with Crippen LogP contribution >= 0.6 is 27.7 Å². The molecule has 0 bridgehead atoms. The molecule has 0 saturated carbocycles. The smallest absolute Gasteiger partial charge is 0.230 e. The molecule has 0 aromatic heterocycles. The minimum absolute atomic E-state index is 0.00937. The van der Waals surface area contributed by atoms with E-state index >= 15 is 0 Å². The Morgan fingerprint density at radius 2 is 2.20 bits per heavy atom. The van der Waals surface area contributed by atoms with Crippen LogP contribution in [0, 0.1) is 6.92 Å². The van der Waals surface area contributed by atoms with Crippen molar-refractivity contribution >= 4 is 33.6 Å². The maximum absolute atomic E-state index is 12.0. The van der Waals surface area contributed by atoms with Gasteiger partial charge in [0, 0.05) is 21.5 Å². The van der Waals surface area contributed by atoms with Crippen molar-refractivity contribution in [1.82, 2.24) is 5.32 Å². The van der Waals surface area contributed by atoms with Gasteiger partial charge in [-0.1, -0.05) is 22.9 Å². The molecule has 1 atom stereocenters. The van der Waals surface area contributed by atoms with E-state index in [1.165, 1.54) is 11.8 Å². The molecular formula is C15H22BrNO2S. The summed E-state index contributed by atoms with van der Waals surface area (Å²) >= 11 is 4.97. The quantitative estimate of drug-likeness (QED) is 0.732. The van der Waals surface area contributed by atoms with Gasteiger partial charge < -0.3 is 10.4 Å². The number of thioether (sulfide) groups is 1. The molecule has 0 heterocycles. The van der Waals surface area contributed by atoms with Gasteiger partial charge in [-0.3, -0.25) is 4.79 Å². The van der Waals surface area contributed by atoms with E-state index in [4.69, 9.17) is 5.11 Å². The lowest BCUT2D eigenvalue weighted by molar-refractivity contribution is -0.120. The number of hydrogen-bond acceptors (Lipinski definition) is 3. The van der Waals surface area contributed by atoms with Crippen LogP contribution in [0.2, 0.25) is 0 Å². The van der Waals surface area contributed by atoms with Gasteiger partial charge in [0.1, 0.15) is 0 Å². The second-order valence-corrected chi connectivity index (χ2v) is 7.07. The second kappa shape index (κ2) is 8.05. The highest BCUT2D eigenvalue weighted by molar-refractivity contribution is 9.10. The maximum Gasteiger partial charge on any atom is 0.230 e. The zero-order valence-corrected chi connectivity index (χ0v) is 14.6. The van der Waals surface area contributed by atoms with Crippen LogP contribution in [0.25, 0.3) is 0 Å². The predicted octanol–water partition coefficient (Wildman–Crippen LogP) is 3.52. The summed E-state index contributed by atoms with van der Waals surface area (Å²) in [6.45, 7) is 6.11. The number of rotatable bonds is 7. The molecule has 0 aliphatic rings. The molecular weight excluding hydrogens is 338 g/mol. The highest BCUT2D eigenvalue weighted by atomic mass is 79.9. The minimum Gasteiger partial charge on any atom is -0.396 e. The predicted molar refractivity (Wildman–Crippen MR) is 88.1 cm³/mol. The summed E-state index contributed by atoms with van der Waals surface area (Å²) in [7, 11) is 0. The van der Waals surface area contributed by atoms with Crippen LogP contribution in [0.5, 0.6) is 0 Å². The molecule has 2 N–H and O–H groups in total. The lowest BCUT2D eigenvalue weighted by Crippen LogP contribution is -2.46. The Bertz CT molecular complexity index is 467. The van der Waals surface area contributed by atoms with Crippen LogP contribution in [0.1, 0.15) is 32.3 Å². The van der Waals surface area contributed by atoms with Gasteiger partial charge in [0.25, 0.3) is 0 Å². The Hall–Kier alpha value is -0.520. The number of halogens is 1. The van der Waals surface area contributed by atoms with Crippen molar-refractivity contribution in [2.45, 2.75) is 44.0 Å². The summed E-state index contributed by atoms with van der Waals surface area (Å²) < 4.78 is 1.05. The number of carbonyl (C=O) groups excluding carboxylic acids is 1. The minimum atomic E-state index is -0.318. The SMILES string of the molecule is CCC(C)(CCO)NC(=O)CSc1ccc(Br)cc1C. The van der Waals surface area contributed by atoms with Gasteiger partial charge in [-0.2, -0.15) is 0 Å². The molecule has 1 aromatic rings. The van der Waals surface area contributed by atoms with Crippen LogP contribution < -0.4 is 5.32 Å². The van der Waals surface area contributed by atoms with Crippen molar-refractivity contribution in [1.29, 1.82) is 0 Å². The van der Waals surface area contributed by atoms with Gasteiger partial charge in [-0.15, -0.1) is 11.8 Å². The zero-order chi connectivity index (χ0) is 15.2. The average molecular weight is 360 g/mol. The fourth-order valence-electron chi connectivity index (χ4n) is 1.87. The van der Waals surface area contributed by atoms with Crippen molar-refractivity contribution in [3.05, 3.63) is 28.2 Å². The van der Waals surface area contributed by atoms with Crippen molar-refractivity contribution in [2.24, 2.45) is 0 Å². The molecule has 1 unspecified atom stereocenters. The maximum atomic E-state index is 12.0. The lowest BCUT2D eigenvalue weighted by Gasteiger charge is -2.29. The molecule has 1 amide bonds. The molecule has 20 heavy (non-hydrogen) atoms. The normalized spacial score (nSPS) is 13.8. The number of nitrogens with one attached hydrogen (secondary N) is 1. The molecule has 1 rings (SSSR count). The van der Waals surface area contributed by atoms with Crippen LogP contribution in [-0.4, -0.2) is 28.9 Å². The Morgan fingerprint density at radius 1 is 1.50 bits per heavy atom. The zero-order valence-electron chi connectivity index (χ0n) is 12.2. The Morgan fingerprint density at radius 3 is 2.75 bits per heavy atom. The monoisotopic (exact) mass is 359 g/mol. The third-order valence-electron chi connectivity index (χ3n) is 3.38. The molecule has 0 aliphatic heterocycles. The fourth-order valence-corrected chi connectivity index (χ4v) is 3.15. The van der Waals surface area contributed by atoms with Gasteiger partial charge in [-0.05, 0) is 50.5 Å². The third kappa shape index (κ3) is 5.46. The summed E-state index contributed by atoms with van der Waals surface area (Å²) in [5, 5.41) is 12.1. The van der Waals surface area contributed by atoms with Crippen LogP contribution in [-0.2, 0) is 4.79 Å². The number of hydrogen-bond donors (Lipinski definition) is 2. The highest BCUT2D eigenvalue weighted by Gasteiger charge is 2.23. The van der Waals surface area contributed by atoms with Gasteiger partial charge in [0.15, 0.2) is 0 Å². The molecule has 0 fully saturated rings. The van der Waals surface area contributed by atoms with Crippen LogP contribution in [0.4, 0.5) is 0 Å². The first kappa shape index (κ1) is 17.5. The van der Waals surface area contributed by atoms with Crippen molar-refractivity contribution in [3.8, 4) is 0 Å². The standard InChI is InChI=1S/C15H22BrNO2S/c1-4-15(3,7-8-18)17-14(19)10-20-13-6-5-12(16)9-11(13)2/h5-6,9,18H,4,7-8,10H2,1-3H3,(H,17,19). The van der Waals surface area contributed by atoms with E-state index in [1.807, 2.05) is 39.0 Å². The first-order valence-corrected chi connectivity index (χ1v) is 8.49. The van der Waals surface area contributed by atoms with Gasteiger partial charge in [-0.25, -0.2) is 0 Å². The summed E-state index contributed by atoms with van der Waals surface area (Å²) in [5.74, 6) is 0.402. The van der Waals surface area contributed by atoms with E-state index in [0.29, 0.717) is 12.2 Å². The van der Waals surface area contributed by atoms with Crippen molar-refractivity contribution in [2.75, 3.05) is 12.4 Å². The number of benzene rings is 1. The van der Waals surface area contributed by atoms with Gasteiger partial charge in [0.2, 0.25) is 5.91 Å². The summed E-state index contributed by atoms with van der Waals surface area (Å²) in [4.78, 5) is 13.1. The fraction of sp³-hybridized carbons (Fsp3) is 0.533. The first-order valence-electron chi connectivity index (χ1n) is 6.71. The number of carbonyl (C=O) groups is 1. The molecule has 112 valence electrons. The van der Waals surface area contributed by atoms with Crippen LogP contribution in [0.3, 0.4) is 0 Å². The number of amides is 1. The van der Waals surface area contributed by atoms with Crippen molar-refractivity contribution < 1.29 is 9.90 Å². The number of aliphatic hydroxyl groups excluding tert-OH is 1. The van der Waals surface area contributed by atoms with E-state index in [-0.39, 0.29) is 18.1 Å². The Balaban J connectivity index is 2.54. The van der Waals surface area contributed by atoms with Gasteiger partial charge >= 0.3 is 0 Å². The Labute approximate surface area is 133 Å². The third-order valence-corrected chi connectivity index (χ3v) is 5.05. The molecule has 1 aromatic carbocycles. The van der Waals surface area contributed by atoms with E-state index in [2.05, 4.69) is 21.2 Å². The first-order chi connectivity index (χ1) is 9.40. The number of aryl methyl sites for hydroxylation is 1. The molecule has 0 radical (unpaired) electrons. The topological polar surface area (TPSA) is 49.3 Å². The second-order valence-electron chi connectivity index (χ2n) is 5.13. The lowest BCUT2D eigenvalue weighted by atomic mass is 9.95. The molecule has 0 saturated heterocycles. The molecule has 5 heteroatoms. The molecule has 3 nitrogen and oxygen atoms in total. The van der Waals surface area contributed by atoms with E-state index in [1.54, 1.807) is 0 Å². The van der Waals surface area contributed by atoms with E-state index in [0.717, 1.165) is 21.4 Å². The van der Waals surface area contributed by atoms with Gasteiger partial charge in [0.05, 0.1) is 5.75 Å². The summed E-state index contributed by atoms with van der Waals surface area (Å²) in [6.07, 6.45) is 1.39. The van der Waals surface area contributed by atoms with E-state index in [9.17, 15) is 4.79 Å². The van der Waals surface area contributed by atoms with E-state index < -0.39 is 0 Å². The van der Waals surface area contributed by atoms with Crippen molar-refractivity contribution in [3.63, 3.8) is 0 Å². The summed E-state index contributed by atoms with van der Waals surface area (Å²) in [6, 6.07) is 6.04. The van der Waals surface area contributed by atoms with Crippen LogP contribution in [0.15, 0.2) is 27.6 Å².